The number of rotatable bonds is 5. The summed E-state index contributed by atoms with van der Waals surface area (Å²) in [5.74, 6) is 0. The first-order chi connectivity index (χ1) is 11.8. The van der Waals surface area contributed by atoms with Gasteiger partial charge in [-0.2, -0.15) is 0 Å². The van der Waals surface area contributed by atoms with Crippen LogP contribution in [0.5, 0.6) is 0 Å². The van der Waals surface area contributed by atoms with Crippen molar-refractivity contribution < 1.29 is 0 Å². The van der Waals surface area contributed by atoms with Crippen molar-refractivity contribution in [2.45, 2.75) is 59.1 Å². The van der Waals surface area contributed by atoms with Crippen molar-refractivity contribution in [1.29, 1.82) is 0 Å². The van der Waals surface area contributed by atoms with Crippen LogP contribution in [-0.4, -0.2) is 0 Å². The molecule has 0 aromatic heterocycles. The number of hydrogen-bond donors (Lipinski definition) is 0. The van der Waals surface area contributed by atoms with Crippen molar-refractivity contribution in [3.05, 3.63) is 46.5 Å². The fourth-order valence-electron chi connectivity index (χ4n) is 3.04. The van der Waals surface area contributed by atoms with Crippen molar-refractivity contribution in [3.8, 4) is 0 Å². The Bertz CT molecular complexity index is 705. The molecule has 6 heteroatoms. The third kappa shape index (κ3) is 3.39. The SMILES string of the molecule is CCc1ccc(CCc2ccc(CC)c3c2SSS3)c2c1SSS2. The van der Waals surface area contributed by atoms with E-state index in [1.807, 2.05) is 62.8 Å². The van der Waals surface area contributed by atoms with Gasteiger partial charge in [-0.15, -0.1) is 0 Å². The van der Waals surface area contributed by atoms with Gasteiger partial charge in [0.05, 0.1) is 0 Å². The maximum Gasteiger partial charge on any atom is 0.0371 e. The number of fused-ring (bicyclic) bond motifs is 2. The lowest BCUT2D eigenvalue weighted by atomic mass is 10.0. The minimum Gasteiger partial charge on any atom is -0.0613 e. The number of benzene rings is 2. The molecule has 0 unspecified atom stereocenters. The third-order valence-electron chi connectivity index (χ3n) is 4.45. The van der Waals surface area contributed by atoms with Crippen LogP contribution in [0.15, 0.2) is 43.8 Å². The monoisotopic (exact) mass is 426 g/mol. The van der Waals surface area contributed by atoms with Crippen molar-refractivity contribution in [2.24, 2.45) is 0 Å². The Kier molecular flexibility index (Phi) is 6.02. The Labute approximate surface area is 167 Å². The van der Waals surface area contributed by atoms with Gasteiger partial charge in [-0.3, -0.25) is 0 Å². The Morgan fingerprint density at radius 2 is 0.875 bits per heavy atom. The van der Waals surface area contributed by atoms with Crippen molar-refractivity contribution in [2.75, 3.05) is 0 Å². The molecule has 0 spiro atoms. The molecule has 0 saturated heterocycles. The maximum absolute atomic E-state index is 2.37. The van der Waals surface area contributed by atoms with Crippen LogP contribution in [0.25, 0.3) is 0 Å². The molecule has 2 aromatic rings. The summed E-state index contributed by atoms with van der Waals surface area (Å²) in [5.41, 5.74) is 6.07. The van der Waals surface area contributed by atoms with E-state index in [-0.39, 0.29) is 0 Å². The van der Waals surface area contributed by atoms with E-state index in [4.69, 9.17) is 0 Å². The van der Waals surface area contributed by atoms with Gasteiger partial charge in [-0.05, 0) is 111 Å². The van der Waals surface area contributed by atoms with E-state index in [1.165, 1.54) is 41.8 Å². The lowest BCUT2D eigenvalue weighted by Gasteiger charge is -2.12. The van der Waals surface area contributed by atoms with E-state index in [9.17, 15) is 0 Å². The number of aryl methyl sites for hydroxylation is 4. The molecule has 0 radical (unpaired) electrons. The minimum atomic E-state index is 1.13. The second-order valence-corrected chi connectivity index (χ2v) is 13.6. The van der Waals surface area contributed by atoms with Gasteiger partial charge in [-0.25, -0.2) is 0 Å². The first-order valence-corrected chi connectivity index (χ1v) is 15.1. The summed E-state index contributed by atoms with van der Waals surface area (Å²) in [5, 5.41) is 0. The highest BCUT2D eigenvalue weighted by Crippen LogP contribution is 2.59. The molecule has 0 fully saturated rings. The quantitative estimate of drug-likeness (QED) is 0.439. The summed E-state index contributed by atoms with van der Waals surface area (Å²) in [6.07, 6.45) is 4.56. The summed E-state index contributed by atoms with van der Waals surface area (Å²) in [7, 11) is 11.6. The van der Waals surface area contributed by atoms with E-state index < -0.39 is 0 Å². The first-order valence-electron chi connectivity index (χ1n) is 8.13. The van der Waals surface area contributed by atoms with Gasteiger partial charge in [0.15, 0.2) is 0 Å². The van der Waals surface area contributed by atoms with Crippen LogP contribution in [0, 0.1) is 0 Å². The van der Waals surface area contributed by atoms with Crippen LogP contribution in [0.4, 0.5) is 0 Å². The molecular formula is C18H18S6. The Balaban J connectivity index is 1.59. The lowest BCUT2D eigenvalue weighted by Crippen LogP contribution is -1.98. The van der Waals surface area contributed by atoms with E-state index in [2.05, 4.69) is 38.1 Å². The van der Waals surface area contributed by atoms with Crippen molar-refractivity contribution in [1.82, 2.24) is 0 Å². The first kappa shape index (κ1) is 17.9. The molecule has 2 heterocycles. The summed E-state index contributed by atoms with van der Waals surface area (Å²) in [6.45, 7) is 4.52. The fraction of sp³-hybridized carbons (Fsp3) is 0.333. The van der Waals surface area contributed by atoms with Gasteiger partial charge < -0.3 is 0 Å². The van der Waals surface area contributed by atoms with Crippen LogP contribution >= 0.6 is 62.8 Å². The van der Waals surface area contributed by atoms with Gasteiger partial charge in [0.1, 0.15) is 0 Å². The molecule has 2 aliphatic rings. The highest BCUT2D eigenvalue weighted by molar-refractivity contribution is 9.10. The molecule has 0 saturated carbocycles. The van der Waals surface area contributed by atoms with E-state index >= 15 is 0 Å². The van der Waals surface area contributed by atoms with Crippen LogP contribution in [-0.2, 0) is 25.7 Å². The molecule has 2 aromatic carbocycles. The lowest BCUT2D eigenvalue weighted by molar-refractivity contribution is 0.876. The number of hydrogen-bond acceptors (Lipinski definition) is 6. The van der Waals surface area contributed by atoms with Gasteiger partial charge in [-0.1, -0.05) is 38.1 Å². The average Bonchev–Trinajstić information content (AvgIpc) is 3.28. The molecule has 126 valence electrons. The maximum atomic E-state index is 2.37. The van der Waals surface area contributed by atoms with Gasteiger partial charge in [0.2, 0.25) is 0 Å². The Morgan fingerprint density at radius 3 is 1.25 bits per heavy atom. The normalized spacial score (nSPS) is 15.6. The molecule has 2 aliphatic heterocycles. The van der Waals surface area contributed by atoms with E-state index in [1.54, 1.807) is 0 Å². The van der Waals surface area contributed by atoms with Crippen molar-refractivity contribution in [3.63, 3.8) is 0 Å². The van der Waals surface area contributed by atoms with Gasteiger partial charge in [0.25, 0.3) is 0 Å². The molecule has 0 atom stereocenters. The summed E-state index contributed by atoms with van der Waals surface area (Å²) < 4.78 is 0. The zero-order valence-electron chi connectivity index (χ0n) is 13.6. The largest absolute Gasteiger partial charge is 0.0613 e. The van der Waals surface area contributed by atoms with Crippen LogP contribution in [0.2, 0.25) is 0 Å². The standard InChI is InChI=1S/C18H18S6/c1-3-11-5-7-13(17-15(11)19-23-21-17)9-10-14-8-6-12(4-2)16-18(14)22-24-20-16/h5-8H,3-4,9-10H2,1-2H3. The van der Waals surface area contributed by atoms with Crippen molar-refractivity contribution >= 4 is 62.8 Å². The predicted octanol–water partition coefficient (Wildman–Crippen LogP) is 8.12. The Morgan fingerprint density at radius 1 is 0.542 bits per heavy atom. The molecule has 0 bridgehead atoms. The molecule has 24 heavy (non-hydrogen) atoms. The Hall–Kier alpha value is 0.540. The van der Waals surface area contributed by atoms with Crippen LogP contribution in [0.3, 0.4) is 0 Å². The molecule has 0 aliphatic carbocycles. The predicted molar refractivity (Wildman–Crippen MR) is 118 cm³/mol. The minimum absolute atomic E-state index is 1.13. The smallest absolute Gasteiger partial charge is 0.0371 e. The second-order valence-electron chi connectivity index (χ2n) is 5.76. The summed E-state index contributed by atoms with van der Waals surface area (Å²) >= 11 is 0. The zero-order valence-corrected chi connectivity index (χ0v) is 18.5. The molecule has 4 rings (SSSR count). The average molecular weight is 427 g/mol. The van der Waals surface area contributed by atoms with Gasteiger partial charge >= 0.3 is 0 Å². The zero-order chi connectivity index (χ0) is 16.5. The highest BCUT2D eigenvalue weighted by atomic mass is 33.5. The summed E-state index contributed by atoms with van der Waals surface area (Å²) in [4.78, 5) is 6.11. The summed E-state index contributed by atoms with van der Waals surface area (Å²) in [6, 6.07) is 9.43. The third-order valence-corrected chi connectivity index (χ3v) is 12.8. The van der Waals surface area contributed by atoms with E-state index in [0.29, 0.717) is 0 Å². The fourth-order valence-corrected chi connectivity index (χ4v) is 12.9. The molecular weight excluding hydrogens is 409 g/mol. The highest BCUT2D eigenvalue weighted by Gasteiger charge is 2.23. The van der Waals surface area contributed by atoms with E-state index in [0.717, 1.165) is 25.7 Å². The topological polar surface area (TPSA) is 0 Å². The molecule has 0 N–H and O–H groups in total. The molecule has 0 amide bonds. The van der Waals surface area contributed by atoms with Crippen LogP contribution < -0.4 is 0 Å². The second kappa shape index (κ2) is 8.05. The van der Waals surface area contributed by atoms with Crippen LogP contribution in [0.1, 0.15) is 36.1 Å². The molecule has 0 nitrogen and oxygen atoms in total. The van der Waals surface area contributed by atoms with Gasteiger partial charge in [0, 0.05) is 19.6 Å².